The summed E-state index contributed by atoms with van der Waals surface area (Å²) in [6.07, 6.45) is 5.88. The molecule has 1 aromatic rings. The van der Waals surface area contributed by atoms with Gasteiger partial charge < -0.3 is 10.4 Å². The Morgan fingerprint density at radius 3 is 2.90 bits per heavy atom. The van der Waals surface area contributed by atoms with Crippen LogP contribution < -0.4 is 5.32 Å². The van der Waals surface area contributed by atoms with Crippen molar-refractivity contribution in [2.75, 3.05) is 6.54 Å². The van der Waals surface area contributed by atoms with Gasteiger partial charge in [-0.3, -0.25) is 4.79 Å². The van der Waals surface area contributed by atoms with E-state index in [1.165, 1.54) is 0 Å². The number of aliphatic hydroxyl groups excluding tert-OH is 1. The van der Waals surface area contributed by atoms with Crippen LogP contribution in [0.5, 0.6) is 0 Å². The Bertz CT molecular complexity index is 517. The standard InChI is InChI=1S/C15H17Cl2NO2/c16-11-5-6-12(13(17)8-11)14(19)9-18-15(20)7-10-3-1-2-4-10/h1,3,5-6,8,10,14,19H,2,4,7,9H2,(H,18,20). The normalized spacial score (nSPS) is 19.1. The van der Waals surface area contributed by atoms with Gasteiger partial charge in [0.15, 0.2) is 0 Å². The van der Waals surface area contributed by atoms with Crippen LogP contribution in [0.15, 0.2) is 30.4 Å². The molecular formula is C15H17Cl2NO2. The number of rotatable bonds is 5. The first-order chi connectivity index (χ1) is 9.56. The zero-order valence-electron chi connectivity index (χ0n) is 11.0. The Balaban J connectivity index is 1.83. The third kappa shape index (κ3) is 4.23. The number of allylic oxidation sites excluding steroid dienone is 2. The SMILES string of the molecule is O=C(CC1C=CCC1)NCC(O)c1ccc(Cl)cc1Cl. The number of nitrogens with one attached hydrogen (secondary N) is 1. The molecule has 1 amide bonds. The van der Waals surface area contributed by atoms with Gasteiger partial charge in [-0.05, 0) is 30.9 Å². The fraction of sp³-hybridized carbons (Fsp3) is 0.400. The summed E-state index contributed by atoms with van der Waals surface area (Å²) in [6, 6.07) is 4.91. The maximum Gasteiger partial charge on any atom is 0.220 e. The first-order valence-corrected chi connectivity index (χ1v) is 7.38. The molecule has 0 bridgehead atoms. The number of amides is 1. The van der Waals surface area contributed by atoms with Crippen LogP contribution in [0.25, 0.3) is 0 Å². The summed E-state index contributed by atoms with van der Waals surface area (Å²) in [6.45, 7) is 0.149. The van der Waals surface area contributed by atoms with Gasteiger partial charge in [0.25, 0.3) is 0 Å². The molecule has 0 aliphatic heterocycles. The van der Waals surface area contributed by atoms with Crippen molar-refractivity contribution in [3.63, 3.8) is 0 Å². The van der Waals surface area contributed by atoms with Gasteiger partial charge in [0.05, 0.1) is 6.10 Å². The van der Waals surface area contributed by atoms with E-state index in [2.05, 4.69) is 17.5 Å². The van der Waals surface area contributed by atoms with E-state index in [9.17, 15) is 9.90 Å². The van der Waals surface area contributed by atoms with E-state index >= 15 is 0 Å². The minimum atomic E-state index is -0.831. The summed E-state index contributed by atoms with van der Waals surface area (Å²) < 4.78 is 0. The summed E-state index contributed by atoms with van der Waals surface area (Å²) in [4.78, 5) is 11.8. The highest BCUT2D eigenvalue weighted by molar-refractivity contribution is 6.35. The fourth-order valence-corrected chi connectivity index (χ4v) is 2.80. The summed E-state index contributed by atoms with van der Waals surface area (Å²) in [7, 11) is 0. The van der Waals surface area contributed by atoms with Gasteiger partial charge in [-0.1, -0.05) is 41.4 Å². The molecule has 3 nitrogen and oxygen atoms in total. The maximum absolute atomic E-state index is 11.8. The van der Waals surface area contributed by atoms with Crippen molar-refractivity contribution < 1.29 is 9.90 Å². The smallest absolute Gasteiger partial charge is 0.220 e. The molecule has 1 aromatic carbocycles. The van der Waals surface area contributed by atoms with Crippen molar-refractivity contribution in [3.8, 4) is 0 Å². The Hall–Kier alpha value is -1.03. The second-order valence-electron chi connectivity index (χ2n) is 4.96. The zero-order chi connectivity index (χ0) is 14.5. The van der Waals surface area contributed by atoms with Gasteiger partial charge >= 0.3 is 0 Å². The van der Waals surface area contributed by atoms with E-state index in [4.69, 9.17) is 23.2 Å². The molecule has 0 radical (unpaired) electrons. The van der Waals surface area contributed by atoms with Crippen LogP contribution in [0.1, 0.15) is 30.9 Å². The van der Waals surface area contributed by atoms with Crippen LogP contribution in [0, 0.1) is 5.92 Å². The van der Waals surface area contributed by atoms with Crippen LogP contribution >= 0.6 is 23.2 Å². The Morgan fingerprint density at radius 1 is 1.45 bits per heavy atom. The molecule has 0 heterocycles. The first kappa shape index (κ1) is 15.4. The topological polar surface area (TPSA) is 49.3 Å². The predicted molar refractivity (Wildman–Crippen MR) is 80.9 cm³/mol. The van der Waals surface area contributed by atoms with Crippen molar-refractivity contribution in [2.45, 2.75) is 25.4 Å². The van der Waals surface area contributed by atoms with E-state index in [0.717, 1.165) is 12.8 Å². The van der Waals surface area contributed by atoms with Crippen LogP contribution in [0.4, 0.5) is 0 Å². The molecule has 2 atom stereocenters. The van der Waals surface area contributed by atoms with Gasteiger partial charge in [0.1, 0.15) is 0 Å². The molecule has 0 fully saturated rings. The summed E-state index contributed by atoms with van der Waals surface area (Å²) in [5.74, 6) is 0.275. The number of hydrogen-bond acceptors (Lipinski definition) is 2. The fourth-order valence-electron chi connectivity index (χ4n) is 2.27. The van der Waals surface area contributed by atoms with Crippen molar-refractivity contribution in [1.82, 2.24) is 5.32 Å². The van der Waals surface area contributed by atoms with E-state index < -0.39 is 6.10 Å². The molecule has 0 saturated carbocycles. The number of carbonyl (C=O) groups is 1. The lowest BCUT2D eigenvalue weighted by atomic mass is 10.0. The third-order valence-corrected chi connectivity index (χ3v) is 3.94. The molecule has 108 valence electrons. The van der Waals surface area contributed by atoms with Crippen LogP contribution in [0.2, 0.25) is 10.0 Å². The molecule has 0 spiro atoms. The van der Waals surface area contributed by atoms with Gasteiger partial charge in [-0.25, -0.2) is 0 Å². The summed E-state index contributed by atoms with van der Waals surface area (Å²) >= 11 is 11.8. The number of hydrogen-bond donors (Lipinski definition) is 2. The highest BCUT2D eigenvalue weighted by atomic mass is 35.5. The molecule has 0 saturated heterocycles. The second kappa shape index (κ2) is 7.11. The van der Waals surface area contributed by atoms with Gasteiger partial charge in [0.2, 0.25) is 5.91 Å². The first-order valence-electron chi connectivity index (χ1n) is 6.62. The average Bonchev–Trinajstić information content (AvgIpc) is 2.89. The minimum absolute atomic E-state index is 0.0503. The molecule has 5 heteroatoms. The third-order valence-electron chi connectivity index (χ3n) is 3.37. The Labute approximate surface area is 128 Å². The molecule has 1 aliphatic carbocycles. The monoisotopic (exact) mass is 313 g/mol. The average molecular weight is 314 g/mol. The number of benzene rings is 1. The van der Waals surface area contributed by atoms with Crippen molar-refractivity contribution >= 4 is 29.1 Å². The molecule has 0 aromatic heterocycles. The highest BCUT2D eigenvalue weighted by Crippen LogP contribution is 2.26. The van der Waals surface area contributed by atoms with Crippen LogP contribution in [0.3, 0.4) is 0 Å². The summed E-state index contributed by atoms with van der Waals surface area (Å²) in [5.41, 5.74) is 0.567. The largest absolute Gasteiger partial charge is 0.387 e. The molecule has 2 N–H and O–H groups in total. The minimum Gasteiger partial charge on any atom is -0.387 e. The maximum atomic E-state index is 11.8. The zero-order valence-corrected chi connectivity index (χ0v) is 12.5. The highest BCUT2D eigenvalue weighted by Gasteiger charge is 2.16. The van der Waals surface area contributed by atoms with Gasteiger partial charge in [0, 0.05) is 28.6 Å². The molecular weight excluding hydrogens is 297 g/mol. The quantitative estimate of drug-likeness (QED) is 0.817. The van der Waals surface area contributed by atoms with E-state index in [0.29, 0.717) is 27.9 Å². The predicted octanol–water partition coefficient (Wildman–Crippen LogP) is 3.50. The molecule has 2 unspecified atom stereocenters. The number of aliphatic hydroxyl groups is 1. The molecule has 20 heavy (non-hydrogen) atoms. The van der Waals surface area contributed by atoms with Gasteiger partial charge in [-0.2, -0.15) is 0 Å². The van der Waals surface area contributed by atoms with E-state index in [1.54, 1.807) is 18.2 Å². The number of halogens is 2. The van der Waals surface area contributed by atoms with Crippen molar-refractivity contribution in [3.05, 3.63) is 46.0 Å². The van der Waals surface area contributed by atoms with Crippen LogP contribution in [-0.4, -0.2) is 17.6 Å². The summed E-state index contributed by atoms with van der Waals surface area (Å²) in [5, 5.41) is 13.7. The van der Waals surface area contributed by atoms with E-state index in [-0.39, 0.29) is 12.5 Å². The van der Waals surface area contributed by atoms with Crippen molar-refractivity contribution in [1.29, 1.82) is 0 Å². The van der Waals surface area contributed by atoms with Crippen LogP contribution in [-0.2, 0) is 4.79 Å². The van der Waals surface area contributed by atoms with E-state index in [1.807, 2.05) is 0 Å². The molecule has 2 rings (SSSR count). The Morgan fingerprint density at radius 2 is 2.25 bits per heavy atom. The molecule has 1 aliphatic rings. The number of carbonyl (C=O) groups excluding carboxylic acids is 1. The lowest BCUT2D eigenvalue weighted by Gasteiger charge is -2.15. The lowest BCUT2D eigenvalue weighted by molar-refractivity contribution is -0.122. The Kier molecular flexibility index (Phi) is 5.46. The van der Waals surface area contributed by atoms with Gasteiger partial charge in [-0.15, -0.1) is 0 Å². The lowest BCUT2D eigenvalue weighted by Crippen LogP contribution is -2.29. The second-order valence-corrected chi connectivity index (χ2v) is 5.80. The van der Waals surface area contributed by atoms with Crippen molar-refractivity contribution in [2.24, 2.45) is 5.92 Å².